The van der Waals surface area contributed by atoms with Gasteiger partial charge < -0.3 is 5.32 Å². The summed E-state index contributed by atoms with van der Waals surface area (Å²) in [6.45, 7) is 5.03. The molecule has 112 valence electrons. The molecule has 1 aliphatic heterocycles. The van der Waals surface area contributed by atoms with Crippen molar-refractivity contribution in [1.29, 1.82) is 5.26 Å². The van der Waals surface area contributed by atoms with Gasteiger partial charge in [-0.3, -0.25) is 15.0 Å². The fourth-order valence-corrected chi connectivity index (χ4v) is 1.87. The topological polar surface area (TPSA) is 98.1 Å². The van der Waals surface area contributed by atoms with Crippen LogP contribution in [0.15, 0.2) is 41.8 Å². The Labute approximate surface area is 131 Å². The number of pyridine rings is 1. The highest BCUT2D eigenvalue weighted by molar-refractivity contribution is 6.30. The molecule has 2 rings (SSSR count). The first-order valence-electron chi connectivity index (χ1n) is 6.22. The van der Waals surface area contributed by atoms with E-state index in [1.54, 1.807) is 13.0 Å². The molecule has 1 aromatic rings. The largest absolute Gasteiger partial charge is 0.309 e. The van der Waals surface area contributed by atoms with Crippen molar-refractivity contribution in [3.8, 4) is 6.07 Å². The lowest BCUT2D eigenvalue weighted by Crippen LogP contribution is -2.50. The average molecular weight is 318 g/mol. The molecule has 0 spiro atoms. The number of anilines is 1. The number of nitrogens with zero attached hydrogens (tertiary/aromatic N) is 3. The Bertz CT molecular complexity index is 718. The Morgan fingerprint density at radius 1 is 1.59 bits per heavy atom. The number of carbonyl (C=O) groups excluding carboxylic acids is 2. The van der Waals surface area contributed by atoms with Crippen molar-refractivity contribution in [3.05, 3.63) is 46.8 Å². The summed E-state index contributed by atoms with van der Waals surface area (Å²) in [4.78, 5) is 27.9. The van der Waals surface area contributed by atoms with Crippen molar-refractivity contribution < 1.29 is 9.59 Å². The van der Waals surface area contributed by atoms with Gasteiger partial charge in [-0.05, 0) is 24.6 Å². The molecule has 2 N–H and O–H groups in total. The zero-order chi connectivity index (χ0) is 16.3. The summed E-state index contributed by atoms with van der Waals surface area (Å²) in [5.41, 5.74) is 3.50. The molecular formula is C14H12ClN5O2. The molecule has 0 atom stereocenters. The zero-order valence-corrected chi connectivity index (χ0v) is 12.4. The fourth-order valence-electron chi connectivity index (χ4n) is 1.76. The molecule has 0 fully saturated rings. The Morgan fingerprint density at radius 3 is 2.91 bits per heavy atom. The van der Waals surface area contributed by atoms with Gasteiger partial charge in [0.1, 0.15) is 24.0 Å². The molecule has 0 aromatic carbocycles. The molecule has 1 aromatic heterocycles. The predicted octanol–water partition coefficient (Wildman–Crippen LogP) is 1.37. The number of nitriles is 1. The van der Waals surface area contributed by atoms with Crippen molar-refractivity contribution in [1.82, 2.24) is 15.4 Å². The van der Waals surface area contributed by atoms with Gasteiger partial charge in [-0.15, -0.1) is 0 Å². The van der Waals surface area contributed by atoms with Gasteiger partial charge >= 0.3 is 0 Å². The maximum absolute atomic E-state index is 12.1. The molecule has 0 saturated carbocycles. The Balaban J connectivity index is 2.06. The summed E-state index contributed by atoms with van der Waals surface area (Å²) in [6, 6.07) is 4.94. The van der Waals surface area contributed by atoms with E-state index < -0.39 is 11.8 Å². The molecule has 0 aliphatic carbocycles. The van der Waals surface area contributed by atoms with Crippen molar-refractivity contribution in [2.75, 3.05) is 11.9 Å². The zero-order valence-electron chi connectivity index (χ0n) is 11.7. The van der Waals surface area contributed by atoms with Gasteiger partial charge in [0.15, 0.2) is 0 Å². The molecule has 0 unspecified atom stereocenters. The van der Waals surface area contributed by atoms with Crippen LogP contribution in [0.1, 0.15) is 6.92 Å². The maximum Gasteiger partial charge on any atom is 0.283 e. The molecular weight excluding hydrogens is 306 g/mol. The predicted molar refractivity (Wildman–Crippen MR) is 80.2 cm³/mol. The van der Waals surface area contributed by atoms with Crippen LogP contribution in [0.2, 0.25) is 5.02 Å². The van der Waals surface area contributed by atoms with Crippen molar-refractivity contribution >= 4 is 29.2 Å². The van der Waals surface area contributed by atoms with Crippen LogP contribution >= 0.6 is 11.6 Å². The van der Waals surface area contributed by atoms with E-state index >= 15 is 0 Å². The molecule has 0 bridgehead atoms. The number of halogens is 1. The third-order valence-electron chi connectivity index (χ3n) is 2.97. The molecule has 2 heterocycles. The highest BCUT2D eigenvalue weighted by atomic mass is 35.5. The Hall–Kier alpha value is -2.85. The van der Waals surface area contributed by atoms with Crippen LogP contribution in [0.25, 0.3) is 0 Å². The minimum absolute atomic E-state index is 0.0406. The number of hydrogen-bond acceptors (Lipinski definition) is 5. The maximum atomic E-state index is 12.1. The van der Waals surface area contributed by atoms with Gasteiger partial charge in [0, 0.05) is 6.20 Å². The van der Waals surface area contributed by atoms with Crippen molar-refractivity contribution in [3.63, 3.8) is 0 Å². The summed E-state index contributed by atoms with van der Waals surface area (Å²) in [5.74, 6) is -0.739. The number of hydrazine groups is 1. The molecule has 8 heteroatoms. The Kier molecular flexibility index (Phi) is 4.44. The van der Waals surface area contributed by atoms with E-state index in [2.05, 4.69) is 22.3 Å². The van der Waals surface area contributed by atoms with Gasteiger partial charge in [0.2, 0.25) is 5.91 Å². The average Bonchev–Trinajstić information content (AvgIpc) is 2.48. The van der Waals surface area contributed by atoms with E-state index in [0.29, 0.717) is 22.1 Å². The number of aromatic nitrogens is 1. The van der Waals surface area contributed by atoms with Gasteiger partial charge in [-0.1, -0.05) is 18.2 Å². The van der Waals surface area contributed by atoms with E-state index in [4.69, 9.17) is 16.9 Å². The highest BCUT2D eigenvalue weighted by Gasteiger charge is 2.28. The first kappa shape index (κ1) is 15.5. The van der Waals surface area contributed by atoms with Crippen LogP contribution in [0.3, 0.4) is 0 Å². The van der Waals surface area contributed by atoms with Gasteiger partial charge in [-0.25, -0.2) is 9.99 Å². The molecule has 2 amide bonds. The fraction of sp³-hybridized carbons (Fsp3) is 0.143. The number of amides is 2. The first-order valence-corrected chi connectivity index (χ1v) is 6.60. The summed E-state index contributed by atoms with van der Waals surface area (Å²) >= 11 is 5.70. The second-order valence-corrected chi connectivity index (χ2v) is 4.94. The van der Waals surface area contributed by atoms with Crippen molar-refractivity contribution in [2.24, 2.45) is 0 Å². The quantitative estimate of drug-likeness (QED) is 0.877. The van der Waals surface area contributed by atoms with E-state index in [0.717, 1.165) is 5.01 Å². The normalized spacial score (nSPS) is 14.5. The lowest BCUT2D eigenvalue weighted by Gasteiger charge is -2.29. The Morgan fingerprint density at radius 2 is 2.32 bits per heavy atom. The monoisotopic (exact) mass is 317 g/mol. The smallest absolute Gasteiger partial charge is 0.283 e. The molecule has 0 radical (unpaired) electrons. The SMILES string of the molecule is C=C1NN(CC(=O)Nc2ccc(Cl)cn2)C(=O)C(C#N)=C1C. The summed E-state index contributed by atoms with van der Waals surface area (Å²) in [5, 5.41) is 13.0. The third kappa shape index (κ3) is 3.24. The standard InChI is InChI=1S/C14H12ClN5O2/c1-8-9(2)19-20(14(22)11(8)5-16)7-13(21)18-12-4-3-10(15)6-17-12/h3-4,6,19H,2,7H2,1H3,(H,17,18,21). The molecule has 1 aliphatic rings. The van der Waals surface area contributed by atoms with Gasteiger partial charge in [-0.2, -0.15) is 5.26 Å². The van der Waals surface area contributed by atoms with E-state index in [1.165, 1.54) is 12.3 Å². The van der Waals surface area contributed by atoms with Gasteiger partial charge in [0.25, 0.3) is 5.91 Å². The summed E-state index contributed by atoms with van der Waals surface area (Å²) < 4.78 is 0. The van der Waals surface area contributed by atoms with E-state index in [-0.39, 0.29) is 12.1 Å². The third-order valence-corrected chi connectivity index (χ3v) is 3.19. The number of carbonyl (C=O) groups is 2. The second-order valence-electron chi connectivity index (χ2n) is 4.50. The lowest BCUT2D eigenvalue weighted by molar-refractivity contribution is -0.134. The van der Waals surface area contributed by atoms with Crippen molar-refractivity contribution in [2.45, 2.75) is 6.92 Å². The first-order chi connectivity index (χ1) is 10.4. The summed E-state index contributed by atoms with van der Waals surface area (Å²) in [6.07, 6.45) is 1.39. The number of rotatable bonds is 3. The van der Waals surface area contributed by atoms with Gasteiger partial charge in [0.05, 0.1) is 10.7 Å². The highest BCUT2D eigenvalue weighted by Crippen LogP contribution is 2.18. The van der Waals surface area contributed by atoms with Crippen LogP contribution in [0.5, 0.6) is 0 Å². The van der Waals surface area contributed by atoms with Crippen LogP contribution in [0, 0.1) is 11.3 Å². The van der Waals surface area contributed by atoms with E-state index in [1.807, 2.05) is 6.07 Å². The van der Waals surface area contributed by atoms with Crippen LogP contribution < -0.4 is 10.7 Å². The van der Waals surface area contributed by atoms with E-state index in [9.17, 15) is 9.59 Å². The molecule has 0 saturated heterocycles. The minimum Gasteiger partial charge on any atom is -0.309 e. The van der Waals surface area contributed by atoms with Crippen LogP contribution in [-0.2, 0) is 9.59 Å². The number of allylic oxidation sites excluding steroid dienone is 1. The minimum atomic E-state index is -0.577. The lowest BCUT2D eigenvalue weighted by atomic mass is 10.1. The van der Waals surface area contributed by atoms with Crippen LogP contribution in [0.4, 0.5) is 5.82 Å². The summed E-state index contributed by atoms with van der Waals surface area (Å²) in [7, 11) is 0. The molecule has 7 nitrogen and oxygen atoms in total. The second kappa shape index (κ2) is 6.28. The number of nitrogens with one attached hydrogen (secondary N) is 2. The number of hydrogen-bond donors (Lipinski definition) is 2. The van der Waals surface area contributed by atoms with Crippen LogP contribution in [-0.4, -0.2) is 28.4 Å². The molecule has 22 heavy (non-hydrogen) atoms.